The molecule has 2 aromatic heterocycles. The molecule has 11 heteroatoms. The molecule has 0 fully saturated rings. The molecule has 0 aliphatic heterocycles. The Hall–Kier alpha value is -2.79. The molecule has 0 atom stereocenters. The largest absolute Gasteiger partial charge is 0.494 e. The van der Waals surface area contributed by atoms with Crippen LogP contribution in [0.25, 0.3) is 0 Å². The molecular weight excluding hydrogens is 394 g/mol. The molecule has 9 nitrogen and oxygen atoms in total. The van der Waals surface area contributed by atoms with Crippen molar-refractivity contribution in [2.24, 2.45) is 4.99 Å². The van der Waals surface area contributed by atoms with E-state index in [1.165, 1.54) is 7.11 Å². The third kappa shape index (κ3) is 4.49. The number of carbonyl (C=O) groups is 2. The van der Waals surface area contributed by atoms with Gasteiger partial charge in [-0.2, -0.15) is 0 Å². The number of aromatic amines is 2. The van der Waals surface area contributed by atoms with E-state index in [1.807, 2.05) is 0 Å². The van der Waals surface area contributed by atoms with Gasteiger partial charge in [0.1, 0.15) is 21.0 Å². The number of methoxy groups -OCH3 is 1. The Balaban J connectivity index is 2.56. The van der Waals surface area contributed by atoms with Gasteiger partial charge in [0.05, 0.1) is 13.2 Å². The molecule has 0 aliphatic rings. The zero-order valence-electron chi connectivity index (χ0n) is 14.9. The minimum Gasteiger partial charge on any atom is -0.494 e. The SMILES string of the molecule is COC(=O)c1c(N=Cc2c(O)[nH]c(=S)[nH]c2=O)sc(C(=O)OC(C)C)c1C. The van der Waals surface area contributed by atoms with Gasteiger partial charge < -0.3 is 19.6 Å². The summed E-state index contributed by atoms with van der Waals surface area (Å²) < 4.78 is 9.87. The molecular formula is C16H17N3O6S2. The fourth-order valence-electron chi connectivity index (χ4n) is 2.12. The Morgan fingerprint density at radius 1 is 1.30 bits per heavy atom. The number of H-pyrrole nitrogens is 2. The number of thiophene rings is 1. The standard InChI is InChI=1S/C16H17N3O6S2/c1-6(2)25-15(23)10-7(3)9(14(22)24-4)13(27-10)17-5-8-11(20)18-16(26)19-12(8)21/h5-6H,1-4H3,(H3,18,19,20,21,26). The van der Waals surface area contributed by atoms with Crippen molar-refractivity contribution in [1.82, 2.24) is 9.97 Å². The lowest BCUT2D eigenvalue weighted by atomic mass is 10.1. The molecule has 0 saturated carbocycles. The van der Waals surface area contributed by atoms with Gasteiger partial charge in [0, 0.05) is 6.21 Å². The van der Waals surface area contributed by atoms with E-state index in [0.717, 1.165) is 17.6 Å². The van der Waals surface area contributed by atoms with E-state index in [2.05, 4.69) is 15.0 Å². The number of aromatic nitrogens is 2. The molecule has 2 heterocycles. The third-order valence-electron chi connectivity index (χ3n) is 3.32. The lowest BCUT2D eigenvalue weighted by Crippen LogP contribution is -2.13. The molecule has 0 aromatic carbocycles. The number of esters is 2. The fraction of sp³-hybridized carbons (Fsp3) is 0.312. The number of rotatable bonds is 5. The molecule has 144 valence electrons. The number of nitrogens with one attached hydrogen (secondary N) is 2. The van der Waals surface area contributed by atoms with E-state index in [4.69, 9.17) is 21.7 Å². The third-order valence-corrected chi connectivity index (χ3v) is 4.70. The van der Waals surface area contributed by atoms with Crippen LogP contribution in [0.3, 0.4) is 0 Å². The van der Waals surface area contributed by atoms with E-state index in [-0.39, 0.29) is 31.9 Å². The molecule has 0 unspecified atom stereocenters. The number of ether oxygens (including phenoxy) is 2. The normalized spacial score (nSPS) is 11.1. The van der Waals surface area contributed by atoms with Crippen molar-refractivity contribution >= 4 is 46.7 Å². The zero-order chi connectivity index (χ0) is 20.3. The highest BCUT2D eigenvalue weighted by Gasteiger charge is 2.26. The Morgan fingerprint density at radius 2 is 1.96 bits per heavy atom. The second-order valence-corrected chi connectivity index (χ2v) is 7.02. The maximum atomic E-state index is 12.2. The highest BCUT2D eigenvalue weighted by atomic mass is 32.1. The summed E-state index contributed by atoms with van der Waals surface area (Å²) in [5.41, 5.74) is -0.409. The number of aliphatic imine (C=N–C) groups is 1. The van der Waals surface area contributed by atoms with E-state index in [1.54, 1.807) is 20.8 Å². The van der Waals surface area contributed by atoms with Crippen molar-refractivity contribution in [2.75, 3.05) is 7.11 Å². The number of nitrogens with zero attached hydrogens (tertiary/aromatic N) is 1. The maximum Gasteiger partial charge on any atom is 0.348 e. The molecule has 27 heavy (non-hydrogen) atoms. The summed E-state index contributed by atoms with van der Waals surface area (Å²) in [5.74, 6) is -1.76. The van der Waals surface area contributed by atoms with Crippen molar-refractivity contribution < 1.29 is 24.2 Å². The van der Waals surface area contributed by atoms with Gasteiger partial charge in [0.15, 0.2) is 4.77 Å². The van der Waals surface area contributed by atoms with Crippen LogP contribution in [0, 0.1) is 11.7 Å². The Morgan fingerprint density at radius 3 is 2.52 bits per heavy atom. The van der Waals surface area contributed by atoms with Crippen LogP contribution in [0.2, 0.25) is 0 Å². The molecule has 0 radical (unpaired) electrons. The summed E-state index contributed by atoms with van der Waals surface area (Å²) >= 11 is 5.67. The van der Waals surface area contributed by atoms with Gasteiger partial charge in [0.25, 0.3) is 5.56 Å². The summed E-state index contributed by atoms with van der Waals surface area (Å²) in [5, 5.41) is 9.96. The first-order chi connectivity index (χ1) is 12.6. The Labute approximate surface area is 162 Å². The maximum absolute atomic E-state index is 12.2. The predicted molar refractivity (Wildman–Crippen MR) is 102 cm³/mol. The first-order valence-corrected chi connectivity index (χ1v) is 8.90. The van der Waals surface area contributed by atoms with Gasteiger partial charge in [-0.25, -0.2) is 14.6 Å². The smallest absolute Gasteiger partial charge is 0.348 e. The Kier molecular flexibility index (Phi) is 6.28. The van der Waals surface area contributed by atoms with Gasteiger partial charge in [-0.15, -0.1) is 11.3 Å². The molecule has 0 spiro atoms. The van der Waals surface area contributed by atoms with Gasteiger partial charge in [-0.05, 0) is 38.6 Å². The summed E-state index contributed by atoms with van der Waals surface area (Å²) in [4.78, 5) is 45.3. The highest BCUT2D eigenvalue weighted by molar-refractivity contribution is 7.71. The monoisotopic (exact) mass is 411 g/mol. The van der Waals surface area contributed by atoms with E-state index >= 15 is 0 Å². The molecule has 0 aliphatic carbocycles. The zero-order valence-corrected chi connectivity index (χ0v) is 16.5. The topological polar surface area (TPSA) is 134 Å². The fourth-order valence-corrected chi connectivity index (χ4v) is 3.33. The van der Waals surface area contributed by atoms with Gasteiger partial charge in [-0.3, -0.25) is 9.78 Å². The van der Waals surface area contributed by atoms with Crippen LogP contribution in [0.1, 0.15) is 45.0 Å². The van der Waals surface area contributed by atoms with Crippen molar-refractivity contribution in [3.05, 3.63) is 36.7 Å². The second kappa shape index (κ2) is 8.27. The molecule has 2 aromatic rings. The second-order valence-electron chi connectivity index (χ2n) is 5.61. The average Bonchev–Trinajstić information content (AvgIpc) is 2.89. The summed E-state index contributed by atoms with van der Waals surface area (Å²) in [6.45, 7) is 4.98. The molecule has 3 N–H and O–H groups in total. The Bertz CT molecular complexity index is 1030. The molecule has 2 rings (SSSR count). The summed E-state index contributed by atoms with van der Waals surface area (Å²) in [6, 6.07) is 0. The molecule has 0 saturated heterocycles. The van der Waals surface area contributed by atoms with Crippen LogP contribution in [-0.2, 0) is 9.47 Å². The first kappa shape index (κ1) is 20.5. The number of hydrogen-bond acceptors (Lipinski definition) is 9. The van der Waals surface area contributed by atoms with Gasteiger partial charge in [-0.1, -0.05) is 0 Å². The summed E-state index contributed by atoms with van der Waals surface area (Å²) in [6.07, 6.45) is 0.727. The first-order valence-electron chi connectivity index (χ1n) is 7.68. The lowest BCUT2D eigenvalue weighted by molar-refractivity contribution is 0.0383. The van der Waals surface area contributed by atoms with Crippen LogP contribution in [-0.4, -0.2) is 46.4 Å². The van der Waals surface area contributed by atoms with Crippen LogP contribution >= 0.6 is 23.6 Å². The quantitative estimate of drug-likeness (QED) is 0.391. The van der Waals surface area contributed by atoms with E-state index in [9.17, 15) is 19.5 Å². The van der Waals surface area contributed by atoms with E-state index < -0.39 is 23.4 Å². The van der Waals surface area contributed by atoms with Crippen LogP contribution in [0.4, 0.5) is 5.00 Å². The number of aromatic hydroxyl groups is 1. The minimum atomic E-state index is -0.690. The molecule has 0 bridgehead atoms. The van der Waals surface area contributed by atoms with Gasteiger partial charge >= 0.3 is 11.9 Å². The summed E-state index contributed by atoms with van der Waals surface area (Å²) in [7, 11) is 1.20. The minimum absolute atomic E-state index is 0.0458. The van der Waals surface area contributed by atoms with Crippen LogP contribution in [0.5, 0.6) is 5.88 Å². The van der Waals surface area contributed by atoms with Crippen LogP contribution < -0.4 is 5.56 Å². The van der Waals surface area contributed by atoms with Crippen molar-refractivity contribution in [3.63, 3.8) is 0 Å². The number of hydrogen-bond donors (Lipinski definition) is 3. The van der Waals surface area contributed by atoms with E-state index in [0.29, 0.717) is 5.56 Å². The van der Waals surface area contributed by atoms with Crippen LogP contribution in [0.15, 0.2) is 9.79 Å². The average molecular weight is 411 g/mol. The van der Waals surface area contributed by atoms with Gasteiger partial charge in [0.2, 0.25) is 5.88 Å². The molecule has 0 amide bonds. The highest BCUT2D eigenvalue weighted by Crippen LogP contribution is 2.36. The van der Waals surface area contributed by atoms with Crippen molar-refractivity contribution in [1.29, 1.82) is 0 Å². The lowest BCUT2D eigenvalue weighted by Gasteiger charge is -2.06. The predicted octanol–water partition coefficient (Wildman–Crippen LogP) is 2.61. The number of carbonyl (C=O) groups excluding carboxylic acids is 2. The van der Waals surface area contributed by atoms with Crippen molar-refractivity contribution in [3.8, 4) is 5.88 Å². The van der Waals surface area contributed by atoms with Crippen molar-refractivity contribution in [2.45, 2.75) is 26.9 Å².